The Morgan fingerprint density at radius 1 is 1.16 bits per heavy atom. The van der Waals surface area contributed by atoms with Crippen molar-refractivity contribution in [3.63, 3.8) is 0 Å². The standard InChI is InChI=1S/C15H29N3O/c1-3-7-16-11-14(19)18-12-15(13-18)5-9-17(8-4-2)10-6-15/h16H,3-13H2,1-2H3. The first-order chi connectivity index (χ1) is 9.19. The molecule has 0 bridgehead atoms. The lowest BCUT2D eigenvalue weighted by molar-refractivity contribution is -0.145. The van der Waals surface area contributed by atoms with Gasteiger partial charge in [-0.1, -0.05) is 13.8 Å². The lowest BCUT2D eigenvalue weighted by atomic mass is 9.72. The molecule has 19 heavy (non-hydrogen) atoms. The SMILES string of the molecule is CCCNCC(=O)N1CC2(CCN(CCC)CC2)C1. The van der Waals surface area contributed by atoms with E-state index in [2.05, 4.69) is 24.1 Å². The van der Waals surface area contributed by atoms with Crippen LogP contribution in [0.3, 0.4) is 0 Å². The van der Waals surface area contributed by atoms with Crippen LogP contribution in [0.15, 0.2) is 0 Å². The summed E-state index contributed by atoms with van der Waals surface area (Å²) in [6.07, 6.45) is 4.89. The number of hydrogen-bond acceptors (Lipinski definition) is 3. The van der Waals surface area contributed by atoms with Gasteiger partial charge in [-0.15, -0.1) is 0 Å². The average molecular weight is 267 g/mol. The fraction of sp³-hybridized carbons (Fsp3) is 0.933. The minimum Gasteiger partial charge on any atom is -0.340 e. The maximum Gasteiger partial charge on any atom is 0.236 e. The molecule has 2 saturated heterocycles. The maximum absolute atomic E-state index is 11.9. The normalized spacial score (nSPS) is 22.5. The van der Waals surface area contributed by atoms with Gasteiger partial charge in [-0.25, -0.2) is 0 Å². The molecular weight excluding hydrogens is 238 g/mol. The van der Waals surface area contributed by atoms with Crippen molar-refractivity contribution in [1.82, 2.24) is 15.1 Å². The average Bonchev–Trinajstić information content (AvgIpc) is 2.38. The summed E-state index contributed by atoms with van der Waals surface area (Å²) in [5, 5.41) is 3.20. The van der Waals surface area contributed by atoms with Gasteiger partial charge in [-0.2, -0.15) is 0 Å². The Morgan fingerprint density at radius 2 is 1.84 bits per heavy atom. The minimum absolute atomic E-state index is 0.287. The number of amides is 1. The fourth-order valence-corrected chi connectivity index (χ4v) is 3.31. The van der Waals surface area contributed by atoms with Crippen LogP contribution in [-0.4, -0.2) is 61.5 Å². The zero-order chi connectivity index (χ0) is 13.7. The third-order valence-electron chi connectivity index (χ3n) is 4.56. The maximum atomic E-state index is 11.9. The molecule has 0 radical (unpaired) electrons. The Labute approximate surface area is 117 Å². The zero-order valence-electron chi connectivity index (χ0n) is 12.6. The lowest BCUT2D eigenvalue weighted by Gasteiger charge is -2.54. The van der Waals surface area contributed by atoms with Crippen molar-refractivity contribution >= 4 is 5.91 Å². The molecule has 2 aliphatic rings. The third-order valence-corrected chi connectivity index (χ3v) is 4.56. The number of nitrogens with zero attached hydrogens (tertiary/aromatic N) is 2. The van der Waals surface area contributed by atoms with E-state index >= 15 is 0 Å². The third kappa shape index (κ3) is 3.69. The Balaban J connectivity index is 1.67. The van der Waals surface area contributed by atoms with Gasteiger partial charge < -0.3 is 15.1 Å². The minimum atomic E-state index is 0.287. The summed E-state index contributed by atoms with van der Waals surface area (Å²) in [6.45, 7) is 11.5. The van der Waals surface area contributed by atoms with Gasteiger partial charge in [-0.3, -0.25) is 4.79 Å². The van der Waals surface area contributed by atoms with Gasteiger partial charge in [0.2, 0.25) is 5.91 Å². The highest BCUT2D eigenvalue weighted by molar-refractivity contribution is 5.79. The van der Waals surface area contributed by atoms with E-state index in [-0.39, 0.29) is 5.91 Å². The molecule has 4 heteroatoms. The van der Waals surface area contributed by atoms with E-state index in [4.69, 9.17) is 0 Å². The van der Waals surface area contributed by atoms with Gasteiger partial charge in [0.05, 0.1) is 6.54 Å². The van der Waals surface area contributed by atoms with E-state index in [0.717, 1.165) is 26.1 Å². The predicted molar refractivity (Wildman–Crippen MR) is 78.1 cm³/mol. The van der Waals surface area contributed by atoms with Gasteiger partial charge in [0, 0.05) is 18.5 Å². The second-order valence-electron chi connectivity index (χ2n) is 6.27. The smallest absolute Gasteiger partial charge is 0.236 e. The van der Waals surface area contributed by atoms with Crippen molar-refractivity contribution in [2.75, 3.05) is 45.8 Å². The second-order valence-corrected chi connectivity index (χ2v) is 6.27. The molecule has 0 saturated carbocycles. The van der Waals surface area contributed by atoms with Crippen molar-refractivity contribution < 1.29 is 4.79 Å². The van der Waals surface area contributed by atoms with Crippen LogP contribution in [0.1, 0.15) is 39.5 Å². The summed E-state index contributed by atoms with van der Waals surface area (Å²) in [5.74, 6) is 0.287. The van der Waals surface area contributed by atoms with Crippen molar-refractivity contribution in [1.29, 1.82) is 0 Å². The van der Waals surface area contributed by atoms with Crippen LogP contribution in [-0.2, 0) is 4.79 Å². The van der Waals surface area contributed by atoms with E-state index in [1.54, 1.807) is 0 Å². The van der Waals surface area contributed by atoms with Crippen molar-refractivity contribution in [3.05, 3.63) is 0 Å². The molecule has 2 heterocycles. The molecule has 110 valence electrons. The predicted octanol–water partition coefficient (Wildman–Crippen LogP) is 1.32. The molecule has 4 nitrogen and oxygen atoms in total. The number of carbonyl (C=O) groups excluding carboxylic acids is 1. The van der Waals surface area contributed by atoms with E-state index in [1.165, 1.54) is 38.9 Å². The molecule has 0 aromatic rings. The van der Waals surface area contributed by atoms with Crippen LogP contribution in [0.2, 0.25) is 0 Å². The topological polar surface area (TPSA) is 35.6 Å². The Bertz CT molecular complexity index is 290. The monoisotopic (exact) mass is 267 g/mol. The quantitative estimate of drug-likeness (QED) is 0.737. The largest absolute Gasteiger partial charge is 0.340 e. The van der Waals surface area contributed by atoms with Gasteiger partial charge in [-0.05, 0) is 51.9 Å². The van der Waals surface area contributed by atoms with E-state index in [1.807, 2.05) is 4.90 Å². The molecule has 0 aromatic heterocycles. The van der Waals surface area contributed by atoms with Gasteiger partial charge in [0.1, 0.15) is 0 Å². The molecule has 2 fully saturated rings. The number of likely N-dealkylation sites (tertiary alicyclic amines) is 2. The van der Waals surface area contributed by atoms with Crippen LogP contribution < -0.4 is 5.32 Å². The number of hydrogen-bond donors (Lipinski definition) is 1. The Morgan fingerprint density at radius 3 is 2.42 bits per heavy atom. The highest BCUT2D eigenvalue weighted by Gasteiger charge is 2.46. The molecule has 0 aliphatic carbocycles. The molecular formula is C15H29N3O. The molecule has 0 aromatic carbocycles. The second kappa shape index (κ2) is 6.71. The van der Waals surface area contributed by atoms with Crippen molar-refractivity contribution in [2.24, 2.45) is 5.41 Å². The number of nitrogens with one attached hydrogen (secondary N) is 1. The van der Waals surface area contributed by atoms with Crippen LogP contribution in [0, 0.1) is 5.41 Å². The van der Waals surface area contributed by atoms with E-state index in [0.29, 0.717) is 12.0 Å². The van der Waals surface area contributed by atoms with Crippen LogP contribution in [0.25, 0.3) is 0 Å². The molecule has 0 unspecified atom stereocenters. The summed E-state index contributed by atoms with van der Waals surface area (Å²) in [7, 11) is 0. The fourth-order valence-electron chi connectivity index (χ4n) is 3.31. The van der Waals surface area contributed by atoms with Crippen LogP contribution >= 0.6 is 0 Å². The lowest BCUT2D eigenvalue weighted by Crippen LogP contribution is -2.63. The number of piperidine rings is 1. The van der Waals surface area contributed by atoms with E-state index in [9.17, 15) is 4.79 Å². The summed E-state index contributed by atoms with van der Waals surface area (Å²) >= 11 is 0. The molecule has 1 spiro atoms. The van der Waals surface area contributed by atoms with Crippen LogP contribution in [0.5, 0.6) is 0 Å². The highest BCUT2D eigenvalue weighted by Crippen LogP contribution is 2.40. The summed E-state index contributed by atoms with van der Waals surface area (Å²) in [6, 6.07) is 0. The molecule has 1 N–H and O–H groups in total. The molecule has 0 atom stereocenters. The summed E-state index contributed by atoms with van der Waals surface area (Å²) in [4.78, 5) is 16.6. The van der Waals surface area contributed by atoms with Gasteiger partial charge in [0.25, 0.3) is 0 Å². The van der Waals surface area contributed by atoms with E-state index < -0.39 is 0 Å². The number of rotatable bonds is 6. The van der Waals surface area contributed by atoms with Crippen molar-refractivity contribution in [2.45, 2.75) is 39.5 Å². The molecule has 2 rings (SSSR count). The first-order valence-corrected chi connectivity index (χ1v) is 7.90. The van der Waals surface area contributed by atoms with Gasteiger partial charge in [0.15, 0.2) is 0 Å². The highest BCUT2D eigenvalue weighted by atomic mass is 16.2. The summed E-state index contributed by atoms with van der Waals surface area (Å²) < 4.78 is 0. The Kier molecular flexibility index (Phi) is 5.22. The first-order valence-electron chi connectivity index (χ1n) is 7.90. The summed E-state index contributed by atoms with van der Waals surface area (Å²) in [5.41, 5.74) is 0.463. The zero-order valence-corrected chi connectivity index (χ0v) is 12.6. The van der Waals surface area contributed by atoms with Crippen molar-refractivity contribution in [3.8, 4) is 0 Å². The van der Waals surface area contributed by atoms with Gasteiger partial charge >= 0.3 is 0 Å². The number of carbonyl (C=O) groups is 1. The molecule has 2 aliphatic heterocycles. The Hall–Kier alpha value is -0.610. The van der Waals surface area contributed by atoms with Crippen LogP contribution in [0.4, 0.5) is 0 Å². The molecule has 1 amide bonds. The first kappa shape index (κ1) is 14.8.